The van der Waals surface area contributed by atoms with Gasteiger partial charge in [0.1, 0.15) is 5.82 Å². The average Bonchev–Trinajstić information content (AvgIpc) is 2.25. The fourth-order valence-electron chi connectivity index (χ4n) is 1.54. The second kappa shape index (κ2) is 6.49. The van der Waals surface area contributed by atoms with Crippen molar-refractivity contribution in [2.45, 2.75) is 13.8 Å². The molecule has 1 unspecified atom stereocenters. The normalized spacial score (nSPS) is 12.2. The van der Waals surface area contributed by atoms with Gasteiger partial charge in [-0.2, -0.15) is 11.8 Å². The minimum absolute atomic E-state index is 0.0878. The van der Waals surface area contributed by atoms with Gasteiger partial charge in [-0.25, -0.2) is 4.98 Å². The first-order valence-corrected chi connectivity index (χ1v) is 6.93. The number of carbonyl (C=O) groups excluding carboxylic acids is 1. The lowest BCUT2D eigenvalue weighted by Crippen LogP contribution is -2.29. The number of anilines is 1. The van der Waals surface area contributed by atoms with Gasteiger partial charge in [0.25, 0.3) is 5.91 Å². The number of hydrogen-bond acceptors (Lipinski definition) is 4. The first-order valence-electron chi connectivity index (χ1n) is 5.54. The molecule has 0 spiro atoms. The van der Waals surface area contributed by atoms with Gasteiger partial charge in [0.15, 0.2) is 0 Å². The maximum absolute atomic E-state index is 11.9. The van der Waals surface area contributed by atoms with Crippen LogP contribution < -0.4 is 11.1 Å². The van der Waals surface area contributed by atoms with Crippen LogP contribution in [0.3, 0.4) is 0 Å². The maximum Gasteiger partial charge on any atom is 0.251 e. The molecule has 0 aliphatic heterocycles. The Morgan fingerprint density at radius 2 is 2.29 bits per heavy atom. The summed E-state index contributed by atoms with van der Waals surface area (Å²) in [4.78, 5) is 15.9. The molecule has 0 saturated carbocycles. The van der Waals surface area contributed by atoms with Gasteiger partial charge in [-0.05, 0) is 37.0 Å². The molecule has 0 aliphatic carbocycles. The van der Waals surface area contributed by atoms with Crippen LogP contribution in [0, 0.1) is 12.8 Å². The smallest absolute Gasteiger partial charge is 0.251 e. The molecular weight excluding hydrogens is 234 g/mol. The van der Waals surface area contributed by atoms with E-state index in [0.29, 0.717) is 23.8 Å². The summed E-state index contributed by atoms with van der Waals surface area (Å²) in [5, 5.41) is 2.90. The molecule has 0 aliphatic rings. The molecule has 0 bridgehead atoms. The number of thioether (sulfide) groups is 1. The van der Waals surface area contributed by atoms with Gasteiger partial charge in [-0.3, -0.25) is 4.79 Å². The van der Waals surface area contributed by atoms with Gasteiger partial charge in [0, 0.05) is 17.8 Å². The lowest BCUT2D eigenvalue weighted by Gasteiger charge is -2.11. The number of nitrogens with one attached hydrogen (secondary N) is 1. The zero-order chi connectivity index (χ0) is 12.8. The monoisotopic (exact) mass is 253 g/mol. The van der Waals surface area contributed by atoms with Crippen molar-refractivity contribution in [3.8, 4) is 0 Å². The number of rotatable bonds is 5. The van der Waals surface area contributed by atoms with Crippen LogP contribution in [0.5, 0.6) is 0 Å². The molecule has 5 heteroatoms. The fourth-order valence-corrected chi connectivity index (χ4v) is 2.22. The third kappa shape index (κ3) is 4.65. The van der Waals surface area contributed by atoms with Gasteiger partial charge in [0.2, 0.25) is 0 Å². The molecular formula is C12H19N3OS. The van der Waals surface area contributed by atoms with E-state index in [9.17, 15) is 4.79 Å². The Hall–Kier alpha value is -1.23. The largest absolute Gasteiger partial charge is 0.384 e. The molecule has 94 valence electrons. The zero-order valence-electron chi connectivity index (χ0n) is 10.5. The minimum atomic E-state index is -0.0878. The van der Waals surface area contributed by atoms with Crippen LogP contribution in [-0.2, 0) is 0 Å². The molecule has 0 saturated heterocycles. The van der Waals surface area contributed by atoms with Crippen LogP contribution >= 0.6 is 11.8 Å². The molecule has 4 nitrogen and oxygen atoms in total. The quantitative estimate of drug-likeness (QED) is 0.838. The van der Waals surface area contributed by atoms with Crippen LogP contribution in [0.15, 0.2) is 12.1 Å². The van der Waals surface area contributed by atoms with Gasteiger partial charge >= 0.3 is 0 Å². The van der Waals surface area contributed by atoms with Crippen molar-refractivity contribution in [3.63, 3.8) is 0 Å². The van der Waals surface area contributed by atoms with Crippen LogP contribution in [0.1, 0.15) is 23.0 Å². The van der Waals surface area contributed by atoms with Gasteiger partial charge in [-0.1, -0.05) is 6.92 Å². The molecule has 1 atom stereocenters. The lowest BCUT2D eigenvalue weighted by molar-refractivity contribution is 0.0949. The van der Waals surface area contributed by atoms with Gasteiger partial charge < -0.3 is 11.1 Å². The third-order valence-electron chi connectivity index (χ3n) is 2.30. The Labute approximate surface area is 106 Å². The van der Waals surface area contributed by atoms with Crippen LogP contribution in [0.4, 0.5) is 5.82 Å². The van der Waals surface area contributed by atoms with Gasteiger partial charge in [-0.15, -0.1) is 0 Å². The van der Waals surface area contributed by atoms with Crippen molar-refractivity contribution in [2.75, 3.05) is 24.3 Å². The number of amides is 1. The Morgan fingerprint density at radius 3 is 2.88 bits per heavy atom. The maximum atomic E-state index is 11.9. The van der Waals surface area contributed by atoms with E-state index in [0.717, 1.165) is 11.4 Å². The summed E-state index contributed by atoms with van der Waals surface area (Å²) in [6.07, 6.45) is 2.06. The average molecular weight is 253 g/mol. The third-order valence-corrected chi connectivity index (χ3v) is 3.20. The molecule has 1 aromatic rings. The predicted octanol–water partition coefficient (Wildman–Crippen LogP) is 1.70. The fraction of sp³-hybridized carbons (Fsp3) is 0.500. The van der Waals surface area contributed by atoms with E-state index in [1.165, 1.54) is 0 Å². The van der Waals surface area contributed by atoms with Crippen molar-refractivity contribution in [2.24, 2.45) is 5.92 Å². The van der Waals surface area contributed by atoms with Crippen molar-refractivity contribution < 1.29 is 4.79 Å². The number of pyridine rings is 1. The SMILES string of the molecule is CSCC(C)CNC(=O)c1cc(C)nc(N)c1. The summed E-state index contributed by atoms with van der Waals surface area (Å²) in [6.45, 7) is 4.62. The highest BCUT2D eigenvalue weighted by Gasteiger charge is 2.09. The Kier molecular flexibility index (Phi) is 5.28. The molecule has 1 amide bonds. The van der Waals surface area contributed by atoms with E-state index in [2.05, 4.69) is 23.5 Å². The summed E-state index contributed by atoms with van der Waals surface area (Å²) >= 11 is 1.78. The second-order valence-electron chi connectivity index (χ2n) is 4.19. The minimum Gasteiger partial charge on any atom is -0.384 e. The Balaban J connectivity index is 2.58. The predicted molar refractivity (Wildman–Crippen MR) is 73.3 cm³/mol. The van der Waals surface area contributed by atoms with E-state index in [1.807, 2.05) is 6.92 Å². The molecule has 0 radical (unpaired) electrons. The molecule has 17 heavy (non-hydrogen) atoms. The topological polar surface area (TPSA) is 68.0 Å². The Bertz CT molecular complexity index is 375. The van der Waals surface area contributed by atoms with Gasteiger partial charge in [0.05, 0.1) is 0 Å². The molecule has 0 fully saturated rings. The van der Waals surface area contributed by atoms with Crippen LogP contribution in [-0.4, -0.2) is 29.4 Å². The summed E-state index contributed by atoms with van der Waals surface area (Å²) in [5.74, 6) is 1.80. The molecule has 1 rings (SSSR count). The number of nitrogens with zero attached hydrogens (tertiary/aromatic N) is 1. The van der Waals surface area contributed by atoms with Crippen molar-refractivity contribution in [1.82, 2.24) is 10.3 Å². The standard InChI is InChI=1S/C12H19N3OS/c1-8(7-17-3)6-14-12(16)10-4-9(2)15-11(13)5-10/h4-5,8H,6-7H2,1-3H3,(H2,13,15)(H,14,16). The highest BCUT2D eigenvalue weighted by Crippen LogP contribution is 2.08. The number of aryl methyl sites for hydroxylation is 1. The van der Waals surface area contributed by atoms with E-state index in [1.54, 1.807) is 23.9 Å². The highest BCUT2D eigenvalue weighted by molar-refractivity contribution is 7.98. The lowest BCUT2D eigenvalue weighted by atomic mass is 10.2. The number of nitrogen functional groups attached to an aromatic ring is 1. The van der Waals surface area contributed by atoms with E-state index in [-0.39, 0.29) is 5.91 Å². The number of carbonyl (C=O) groups is 1. The first kappa shape index (κ1) is 13.8. The zero-order valence-corrected chi connectivity index (χ0v) is 11.3. The van der Waals surface area contributed by atoms with E-state index < -0.39 is 0 Å². The number of nitrogens with two attached hydrogens (primary N) is 1. The van der Waals surface area contributed by atoms with Crippen molar-refractivity contribution >= 4 is 23.5 Å². The summed E-state index contributed by atoms with van der Waals surface area (Å²) in [5.41, 5.74) is 6.94. The van der Waals surface area contributed by atoms with Crippen molar-refractivity contribution in [3.05, 3.63) is 23.4 Å². The molecule has 1 aromatic heterocycles. The van der Waals surface area contributed by atoms with Crippen molar-refractivity contribution in [1.29, 1.82) is 0 Å². The Morgan fingerprint density at radius 1 is 1.59 bits per heavy atom. The molecule has 0 aromatic carbocycles. The number of aromatic nitrogens is 1. The summed E-state index contributed by atoms with van der Waals surface area (Å²) in [6, 6.07) is 3.34. The second-order valence-corrected chi connectivity index (χ2v) is 5.10. The van der Waals surface area contributed by atoms with Crippen LogP contribution in [0.2, 0.25) is 0 Å². The van der Waals surface area contributed by atoms with E-state index in [4.69, 9.17) is 5.73 Å². The van der Waals surface area contributed by atoms with E-state index >= 15 is 0 Å². The number of hydrogen-bond donors (Lipinski definition) is 2. The first-order chi connectivity index (χ1) is 8.02. The summed E-state index contributed by atoms with van der Waals surface area (Å²) in [7, 11) is 0. The summed E-state index contributed by atoms with van der Waals surface area (Å²) < 4.78 is 0. The van der Waals surface area contributed by atoms with Crippen LogP contribution in [0.25, 0.3) is 0 Å². The highest BCUT2D eigenvalue weighted by atomic mass is 32.2. The molecule has 3 N–H and O–H groups in total. The molecule has 1 heterocycles.